The van der Waals surface area contributed by atoms with E-state index in [1.807, 2.05) is 36.4 Å². The largest absolute Gasteiger partial charge is 0.387 e. The Labute approximate surface area is 157 Å². The molecular weight excluding hydrogens is 342 g/mol. The van der Waals surface area contributed by atoms with Crippen molar-refractivity contribution in [1.82, 2.24) is 15.1 Å². The maximum absolute atomic E-state index is 12.6. The monoisotopic (exact) mass is 363 g/mol. The molecule has 1 atom stereocenters. The summed E-state index contributed by atoms with van der Waals surface area (Å²) in [5, 5.41) is 17.0. The number of carbonyl (C=O) groups is 2. The number of benzene rings is 2. The Kier molecular flexibility index (Phi) is 5.47. The summed E-state index contributed by atoms with van der Waals surface area (Å²) in [4.78, 5) is 25.0. The van der Waals surface area contributed by atoms with E-state index in [9.17, 15) is 14.7 Å². The first-order valence-corrected chi connectivity index (χ1v) is 8.66. The quantitative estimate of drug-likeness (QED) is 0.521. The Morgan fingerprint density at radius 2 is 1.63 bits per heavy atom. The second-order valence-corrected chi connectivity index (χ2v) is 6.26. The molecule has 1 amide bonds. The third-order valence-corrected chi connectivity index (χ3v) is 4.37. The third kappa shape index (κ3) is 3.96. The maximum Gasteiger partial charge on any atom is 0.292 e. The minimum atomic E-state index is -0.878. The van der Waals surface area contributed by atoms with Crippen molar-refractivity contribution in [1.29, 1.82) is 0 Å². The zero-order chi connectivity index (χ0) is 19.4. The van der Waals surface area contributed by atoms with Crippen LogP contribution in [0.4, 0.5) is 0 Å². The molecular formula is C21H21N3O3. The molecule has 0 saturated carbocycles. The second-order valence-electron chi connectivity index (χ2n) is 6.26. The molecule has 0 radical (unpaired) electrons. The summed E-state index contributed by atoms with van der Waals surface area (Å²) in [5.74, 6) is -1.42. The molecule has 3 aromatic rings. The van der Waals surface area contributed by atoms with Gasteiger partial charge in [0, 0.05) is 6.54 Å². The lowest BCUT2D eigenvalue weighted by Gasteiger charge is -2.12. The minimum Gasteiger partial charge on any atom is -0.387 e. The number of para-hydroxylation sites is 1. The zero-order valence-corrected chi connectivity index (χ0v) is 15.2. The molecule has 1 aromatic heterocycles. The molecule has 2 aromatic carbocycles. The molecule has 1 unspecified atom stereocenters. The van der Waals surface area contributed by atoms with Crippen LogP contribution < -0.4 is 5.32 Å². The molecule has 0 aliphatic heterocycles. The van der Waals surface area contributed by atoms with Crippen LogP contribution in [-0.2, 0) is 4.79 Å². The first-order valence-electron chi connectivity index (χ1n) is 8.66. The fourth-order valence-corrected chi connectivity index (χ4v) is 2.97. The van der Waals surface area contributed by atoms with E-state index in [0.717, 1.165) is 5.69 Å². The minimum absolute atomic E-state index is 0.0422. The number of carbonyl (C=O) groups excluding carboxylic acids is 2. The highest BCUT2D eigenvalue weighted by atomic mass is 16.3. The van der Waals surface area contributed by atoms with E-state index in [1.165, 1.54) is 0 Å². The molecule has 2 N–H and O–H groups in total. The molecule has 3 rings (SSSR count). The lowest BCUT2D eigenvalue weighted by Crippen LogP contribution is -2.34. The van der Waals surface area contributed by atoms with E-state index in [1.54, 1.807) is 42.8 Å². The topological polar surface area (TPSA) is 84.2 Å². The van der Waals surface area contributed by atoms with E-state index < -0.39 is 17.8 Å². The Morgan fingerprint density at radius 3 is 2.26 bits per heavy atom. The van der Waals surface area contributed by atoms with Gasteiger partial charge in [-0.3, -0.25) is 9.59 Å². The smallest absolute Gasteiger partial charge is 0.292 e. The van der Waals surface area contributed by atoms with E-state index >= 15 is 0 Å². The van der Waals surface area contributed by atoms with Crippen molar-refractivity contribution < 1.29 is 14.7 Å². The van der Waals surface area contributed by atoms with E-state index in [0.29, 0.717) is 17.0 Å². The average Bonchev–Trinajstić information content (AvgIpc) is 3.00. The van der Waals surface area contributed by atoms with Gasteiger partial charge in [0.05, 0.1) is 28.7 Å². The predicted molar refractivity (Wildman–Crippen MR) is 102 cm³/mol. The van der Waals surface area contributed by atoms with Crippen molar-refractivity contribution in [3.8, 4) is 5.69 Å². The van der Waals surface area contributed by atoms with Crippen LogP contribution in [0.3, 0.4) is 0 Å². The Balaban J connectivity index is 1.74. The van der Waals surface area contributed by atoms with Crippen molar-refractivity contribution in [3.63, 3.8) is 0 Å². The van der Waals surface area contributed by atoms with E-state index in [4.69, 9.17) is 0 Å². The fourth-order valence-electron chi connectivity index (χ4n) is 2.97. The average molecular weight is 363 g/mol. The number of hydrogen-bond acceptors (Lipinski definition) is 4. The fraction of sp³-hybridized carbons (Fsp3) is 0.190. The van der Waals surface area contributed by atoms with Gasteiger partial charge in [-0.05, 0) is 31.5 Å². The predicted octanol–water partition coefficient (Wildman–Crippen LogP) is 2.52. The Morgan fingerprint density at radius 1 is 1.04 bits per heavy atom. The van der Waals surface area contributed by atoms with Crippen LogP contribution in [0, 0.1) is 13.8 Å². The number of aliphatic hydroxyl groups excluding tert-OH is 1. The molecule has 27 heavy (non-hydrogen) atoms. The Hall–Kier alpha value is -3.25. The number of Topliss-reactive ketones (excluding diaryl/α,β-unsaturated/α-hetero) is 1. The molecule has 6 nitrogen and oxygen atoms in total. The van der Waals surface area contributed by atoms with Gasteiger partial charge in [-0.2, -0.15) is 5.10 Å². The van der Waals surface area contributed by atoms with E-state index in [2.05, 4.69) is 10.4 Å². The van der Waals surface area contributed by atoms with Crippen LogP contribution in [0.2, 0.25) is 0 Å². The van der Waals surface area contributed by atoms with Crippen LogP contribution in [0.25, 0.3) is 5.69 Å². The lowest BCUT2D eigenvalue weighted by molar-refractivity contribution is -0.117. The lowest BCUT2D eigenvalue weighted by atomic mass is 10.1. The van der Waals surface area contributed by atoms with Crippen molar-refractivity contribution in [2.45, 2.75) is 20.0 Å². The number of aryl methyl sites for hydroxylation is 1. The Bertz CT molecular complexity index is 950. The summed E-state index contributed by atoms with van der Waals surface area (Å²) in [5.41, 5.74) is 2.86. The van der Waals surface area contributed by atoms with Crippen LogP contribution in [-0.4, -0.2) is 33.1 Å². The van der Waals surface area contributed by atoms with Crippen molar-refractivity contribution in [2.75, 3.05) is 6.54 Å². The van der Waals surface area contributed by atoms with Crippen molar-refractivity contribution in [3.05, 3.63) is 83.2 Å². The highest BCUT2D eigenvalue weighted by Gasteiger charge is 2.25. The van der Waals surface area contributed by atoms with Gasteiger partial charge in [0.15, 0.2) is 0 Å². The summed E-state index contributed by atoms with van der Waals surface area (Å²) < 4.78 is 1.65. The van der Waals surface area contributed by atoms with Crippen molar-refractivity contribution in [2.24, 2.45) is 0 Å². The van der Waals surface area contributed by atoms with Gasteiger partial charge in [0.1, 0.15) is 0 Å². The van der Waals surface area contributed by atoms with Crippen LogP contribution in [0.1, 0.15) is 33.4 Å². The number of rotatable bonds is 6. The second kappa shape index (κ2) is 7.97. The molecule has 6 heteroatoms. The molecule has 0 saturated heterocycles. The van der Waals surface area contributed by atoms with Crippen LogP contribution in [0.5, 0.6) is 0 Å². The molecule has 0 aliphatic carbocycles. The number of nitrogens with zero attached hydrogens (tertiary/aromatic N) is 2. The normalized spacial score (nSPS) is 11.8. The highest BCUT2D eigenvalue weighted by molar-refractivity contribution is 6.43. The summed E-state index contributed by atoms with van der Waals surface area (Å²) >= 11 is 0. The van der Waals surface area contributed by atoms with E-state index in [-0.39, 0.29) is 12.1 Å². The number of ketones is 1. The SMILES string of the molecule is Cc1nn(-c2ccccc2)c(C)c1C(=O)C(=O)NCC(O)c1ccccc1. The summed E-state index contributed by atoms with van der Waals surface area (Å²) in [6.07, 6.45) is -0.878. The molecule has 138 valence electrons. The number of aliphatic hydroxyl groups is 1. The number of nitrogens with one attached hydrogen (secondary N) is 1. The summed E-state index contributed by atoms with van der Waals surface area (Å²) in [6.45, 7) is 3.41. The highest BCUT2D eigenvalue weighted by Crippen LogP contribution is 2.18. The summed E-state index contributed by atoms with van der Waals surface area (Å²) in [6, 6.07) is 18.4. The third-order valence-electron chi connectivity index (χ3n) is 4.37. The van der Waals surface area contributed by atoms with Gasteiger partial charge < -0.3 is 10.4 Å². The molecule has 0 fully saturated rings. The van der Waals surface area contributed by atoms with Crippen LogP contribution in [0.15, 0.2) is 60.7 Å². The van der Waals surface area contributed by atoms with Gasteiger partial charge >= 0.3 is 0 Å². The molecule has 1 heterocycles. The van der Waals surface area contributed by atoms with Gasteiger partial charge in [-0.25, -0.2) is 4.68 Å². The number of aromatic nitrogens is 2. The molecule has 0 spiro atoms. The maximum atomic E-state index is 12.6. The first-order chi connectivity index (χ1) is 13.0. The summed E-state index contributed by atoms with van der Waals surface area (Å²) in [7, 11) is 0. The standard InChI is InChI=1S/C21H21N3O3/c1-14-19(15(2)24(23-14)17-11-7-4-8-12-17)20(26)21(27)22-13-18(25)16-9-5-3-6-10-16/h3-12,18,25H,13H2,1-2H3,(H,22,27). The zero-order valence-electron chi connectivity index (χ0n) is 15.2. The van der Waals surface area contributed by atoms with Crippen LogP contribution >= 0.6 is 0 Å². The molecule has 0 aliphatic rings. The van der Waals surface area contributed by atoms with Crippen molar-refractivity contribution >= 4 is 11.7 Å². The van der Waals surface area contributed by atoms with Gasteiger partial charge in [0.2, 0.25) is 0 Å². The van der Waals surface area contributed by atoms with Gasteiger partial charge in [0.25, 0.3) is 11.7 Å². The molecule has 0 bridgehead atoms. The van der Waals surface area contributed by atoms with Gasteiger partial charge in [-0.15, -0.1) is 0 Å². The number of hydrogen-bond donors (Lipinski definition) is 2. The van der Waals surface area contributed by atoms with Gasteiger partial charge in [-0.1, -0.05) is 48.5 Å². The number of amides is 1. The first kappa shape index (κ1) is 18.5.